The molecular formula is C11H10N4O2S. The zero-order chi connectivity index (χ0) is 13.0. The average molecular weight is 262 g/mol. The number of hydrogen-bond donors (Lipinski definition) is 2. The van der Waals surface area contributed by atoms with Gasteiger partial charge in [-0.2, -0.15) is 0 Å². The summed E-state index contributed by atoms with van der Waals surface area (Å²) < 4.78 is 0. The molecule has 0 aliphatic heterocycles. The van der Waals surface area contributed by atoms with Gasteiger partial charge in [0, 0.05) is 12.7 Å². The zero-order valence-electron chi connectivity index (χ0n) is 9.51. The number of carbonyl (C=O) groups excluding carboxylic acids is 1. The topological polar surface area (TPSA) is 83.4 Å². The number of para-hydroxylation sites is 1. The fraction of sp³-hybridized carbons (Fsp3) is 0.0909. The van der Waals surface area contributed by atoms with Gasteiger partial charge in [-0.15, -0.1) is 4.91 Å². The van der Waals surface area contributed by atoms with Gasteiger partial charge in [0.2, 0.25) is 0 Å². The van der Waals surface area contributed by atoms with Crippen molar-refractivity contribution in [1.82, 2.24) is 4.98 Å². The highest BCUT2D eigenvalue weighted by Gasteiger charge is 2.12. The predicted molar refractivity (Wildman–Crippen MR) is 71.5 cm³/mol. The molecule has 0 unspecified atom stereocenters. The van der Waals surface area contributed by atoms with E-state index in [4.69, 9.17) is 0 Å². The molecule has 0 bridgehead atoms. The van der Waals surface area contributed by atoms with Crippen molar-refractivity contribution in [3.05, 3.63) is 40.9 Å². The van der Waals surface area contributed by atoms with Crippen LogP contribution in [0.1, 0.15) is 10.4 Å². The van der Waals surface area contributed by atoms with Gasteiger partial charge in [-0.25, -0.2) is 4.98 Å². The van der Waals surface area contributed by atoms with E-state index in [0.717, 1.165) is 17.0 Å². The highest BCUT2D eigenvalue weighted by atomic mass is 32.1. The van der Waals surface area contributed by atoms with Crippen LogP contribution in [0.25, 0.3) is 0 Å². The highest BCUT2D eigenvalue weighted by Crippen LogP contribution is 2.26. The quantitative estimate of drug-likeness (QED) is 0.830. The maximum atomic E-state index is 12.0. The summed E-state index contributed by atoms with van der Waals surface area (Å²) in [6.45, 7) is 0. The van der Waals surface area contributed by atoms with Crippen molar-refractivity contribution in [3.8, 4) is 0 Å². The molecule has 0 fully saturated rings. The van der Waals surface area contributed by atoms with E-state index in [1.165, 1.54) is 6.20 Å². The summed E-state index contributed by atoms with van der Waals surface area (Å²) in [5.41, 5.74) is 1.23. The smallest absolute Gasteiger partial charge is 0.259 e. The first-order valence-electron chi connectivity index (χ1n) is 5.12. The third kappa shape index (κ3) is 2.51. The Morgan fingerprint density at radius 2 is 2.17 bits per heavy atom. The molecule has 0 spiro atoms. The number of rotatable bonds is 4. The van der Waals surface area contributed by atoms with E-state index in [2.05, 4.69) is 20.8 Å². The normalized spacial score (nSPS) is 9.83. The van der Waals surface area contributed by atoms with Crippen molar-refractivity contribution in [2.24, 2.45) is 5.18 Å². The first kappa shape index (κ1) is 12.2. The Kier molecular flexibility index (Phi) is 3.63. The Labute approximate surface area is 107 Å². The van der Waals surface area contributed by atoms with Gasteiger partial charge in [0.1, 0.15) is 0 Å². The molecule has 1 aromatic heterocycles. The number of thiazole rings is 1. The maximum absolute atomic E-state index is 12.0. The molecule has 0 aliphatic rings. The summed E-state index contributed by atoms with van der Waals surface area (Å²) >= 11 is 1.03. The molecule has 0 atom stereocenters. The van der Waals surface area contributed by atoms with Crippen LogP contribution in [0.4, 0.5) is 15.8 Å². The summed E-state index contributed by atoms with van der Waals surface area (Å²) in [6.07, 6.45) is 1.32. The molecule has 0 saturated heterocycles. The maximum Gasteiger partial charge on any atom is 0.259 e. The van der Waals surface area contributed by atoms with Crippen LogP contribution in [0.15, 0.2) is 35.6 Å². The number of carbonyl (C=O) groups is 1. The van der Waals surface area contributed by atoms with Gasteiger partial charge in [0.05, 0.1) is 11.8 Å². The van der Waals surface area contributed by atoms with E-state index in [0.29, 0.717) is 10.7 Å². The standard InChI is InChI=1S/C11H10N4O2S/c1-12-8-5-3-2-4-7(8)10(16)14-11-13-6-9(15-17)18-11/h2-6,12H,1H3,(H,13,14,16). The number of nitrogens with one attached hydrogen (secondary N) is 2. The second-order valence-electron chi connectivity index (χ2n) is 3.34. The van der Waals surface area contributed by atoms with Crippen LogP contribution in [0.2, 0.25) is 0 Å². The van der Waals surface area contributed by atoms with E-state index < -0.39 is 0 Å². The third-order valence-electron chi connectivity index (χ3n) is 2.24. The number of nitrogens with zero attached hydrogens (tertiary/aromatic N) is 2. The molecule has 7 heteroatoms. The van der Waals surface area contributed by atoms with Crippen LogP contribution in [0, 0.1) is 4.91 Å². The van der Waals surface area contributed by atoms with Crippen LogP contribution in [-0.2, 0) is 0 Å². The van der Waals surface area contributed by atoms with E-state index in [1.54, 1.807) is 25.2 Å². The van der Waals surface area contributed by atoms with Gasteiger partial charge in [-0.3, -0.25) is 10.1 Å². The summed E-state index contributed by atoms with van der Waals surface area (Å²) in [5, 5.41) is 8.87. The second-order valence-corrected chi connectivity index (χ2v) is 4.35. The minimum atomic E-state index is -0.285. The average Bonchev–Trinajstić information content (AvgIpc) is 2.86. The second kappa shape index (κ2) is 5.37. The van der Waals surface area contributed by atoms with Crippen LogP contribution >= 0.6 is 11.3 Å². The molecule has 18 heavy (non-hydrogen) atoms. The van der Waals surface area contributed by atoms with Gasteiger partial charge in [0.15, 0.2) is 10.1 Å². The van der Waals surface area contributed by atoms with Crippen molar-refractivity contribution in [3.63, 3.8) is 0 Å². The van der Waals surface area contributed by atoms with Gasteiger partial charge in [-0.05, 0) is 17.3 Å². The molecule has 1 amide bonds. The number of aromatic nitrogens is 1. The molecule has 92 valence electrons. The Morgan fingerprint density at radius 1 is 1.39 bits per heavy atom. The third-order valence-corrected chi connectivity index (χ3v) is 3.03. The summed E-state index contributed by atoms with van der Waals surface area (Å²) in [6, 6.07) is 7.11. The minimum absolute atomic E-state index is 0.229. The summed E-state index contributed by atoms with van der Waals surface area (Å²) in [7, 11) is 1.74. The molecule has 1 aromatic carbocycles. The van der Waals surface area contributed by atoms with E-state index >= 15 is 0 Å². The monoisotopic (exact) mass is 262 g/mol. The number of amides is 1. The van der Waals surface area contributed by atoms with Crippen molar-refractivity contribution < 1.29 is 4.79 Å². The molecular weight excluding hydrogens is 252 g/mol. The molecule has 2 rings (SSSR count). The van der Waals surface area contributed by atoms with Crippen LogP contribution in [-0.4, -0.2) is 17.9 Å². The SMILES string of the molecule is CNc1ccccc1C(=O)Nc1ncc(N=O)s1. The van der Waals surface area contributed by atoms with Crippen molar-refractivity contribution in [2.45, 2.75) is 0 Å². The number of hydrogen-bond acceptors (Lipinski definition) is 6. The molecule has 2 aromatic rings. The molecule has 0 saturated carbocycles. The lowest BCUT2D eigenvalue weighted by Crippen LogP contribution is -2.13. The lowest BCUT2D eigenvalue weighted by atomic mass is 10.1. The predicted octanol–water partition coefficient (Wildman–Crippen LogP) is 2.84. The first-order valence-corrected chi connectivity index (χ1v) is 5.93. The van der Waals surface area contributed by atoms with Crippen LogP contribution in [0.3, 0.4) is 0 Å². The summed E-state index contributed by atoms with van der Waals surface area (Å²) in [4.78, 5) is 26.2. The van der Waals surface area contributed by atoms with Gasteiger partial charge >= 0.3 is 0 Å². The molecule has 1 heterocycles. The fourth-order valence-corrected chi connectivity index (χ4v) is 2.02. The zero-order valence-corrected chi connectivity index (χ0v) is 10.3. The Bertz CT molecular complexity index is 582. The van der Waals surface area contributed by atoms with Gasteiger partial charge < -0.3 is 5.32 Å². The number of anilines is 2. The van der Waals surface area contributed by atoms with Crippen molar-refractivity contribution in [2.75, 3.05) is 17.7 Å². The van der Waals surface area contributed by atoms with Gasteiger partial charge in [0.25, 0.3) is 5.91 Å². The number of nitroso groups, excluding NO2 is 1. The van der Waals surface area contributed by atoms with Crippen LogP contribution < -0.4 is 10.6 Å². The van der Waals surface area contributed by atoms with E-state index in [1.807, 2.05) is 6.07 Å². The fourth-order valence-electron chi connectivity index (χ4n) is 1.43. The van der Waals surface area contributed by atoms with E-state index in [-0.39, 0.29) is 10.9 Å². The molecule has 2 N–H and O–H groups in total. The van der Waals surface area contributed by atoms with E-state index in [9.17, 15) is 9.70 Å². The number of benzene rings is 1. The van der Waals surface area contributed by atoms with Gasteiger partial charge in [-0.1, -0.05) is 23.5 Å². The minimum Gasteiger partial charge on any atom is -0.387 e. The lowest BCUT2D eigenvalue weighted by Gasteiger charge is -2.07. The molecule has 6 nitrogen and oxygen atoms in total. The Morgan fingerprint density at radius 3 is 2.83 bits per heavy atom. The Hall–Kier alpha value is -2.28. The summed E-state index contributed by atoms with van der Waals surface area (Å²) in [5.74, 6) is -0.285. The first-order chi connectivity index (χ1) is 8.74. The van der Waals surface area contributed by atoms with Crippen molar-refractivity contribution >= 4 is 33.1 Å². The molecule has 0 aliphatic carbocycles. The largest absolute Gasteiger partial charge is 0.387 e. The lowest BCUT2D eigenvalue weighted by molar-refractivity contribution is 0.102. The Balaban J connectivity index is 2.19. The van der Waals surface area contributed by atoms with Crippen molar-refractivity contribution in [1.29, 1.82) is 0 Å². The van der Waals surface area contributed by atoms with Crippen LogP contribution in [0.5, 0.6) is 0 Å². The molecule has 0 radical (unpaired) electrons. The highest BCUT2D eigenvalue weighted by molar-refractivity contribution is 7.19.